The van der Waals surface area contributed by atoms with E-state index in [1.54, 1.807) is 13.0 Å². The summed E-state index contributed by atoms with van der Waals surface area (Å²) in [5.41, 5.74) is 2.86. The van der Waals surface area contributed by atoms with E-state index in [1.165, 1.54) is 12.1 Å². The van der Waals surface area contributed by atoms with Gasteiger partial charge in [0.1, 0.15) is 0 Å². The average Bonchev–Trinajstić information content (AvgIpc) is 3.25. The number of nitrogens with one attached hydrogen (secondary N) is 1. The van der Waals surface area contributed by atoms with Crippen molar-refractivity contribution in [1.82, 2.24) is 5.32 Å². The van der Waals surface area contributed by atoms with Crippen LogP contribution in [0.1, 0.15) is 40.0 Å². The predicted molar refractivity (Wildman–Crippen MR) is 119 cm³/mol. The number of carbonyl (C=O) groups excluding carboxylic acids is 2. The lowest BCUT2D eigenvalue weighted by Crippen LogP contribution is -2.38. The van der Waals surface area contributed by atoms with Crippen molar-refractivity contribution in [3.63, 3.8) is 0 Å². The summed E-state index contributed by atoms with van der Waals surface area (Å²) in [5, 5.41) is 12.3. The molecule has 8 heteroatoms. The minimum atomic E-state index is -1.27. The molecule has 0 saturated carbocycles. The van der Waals surface area contributed by atoms with Crippen LogP contribution in [-0.4, -0.2) is 35.6 Å². The molecule has 2 N–H and O–H groups in total. The Kier molecular flexibility index (Phi) is 7.68. The Morgan fingerprint density at radius 2 is 1.75 bits per heavy atom. The third-order valence-corrected chi connectivity index (χ3v) is 4.92. The summed E-state index contributed by atoms with van der Waals surface area (Å²) < 4.78 is 10.1. The first kappa shape index (κ1) is 23.1. The lowest BCUT2D eigenvalue weighted by molar-refractivity contribution is -0.143. The minimum absolute atomic E-state index is 0.0396. The van der Waals surface area contributed by atoms with Crippen LogP contribution in [0.3, 0.4) is 0 Å². The standard InChI is InChI=1S/C24H22ClNO6/c1-2-31-22(27)14-19(26-23(28)20-10-11-21(32-20)24(29)30)12-15-6-8-16(9-7-15)17-4-3-5-18(25)13-17/h3-11,13,19H,2,12,14H2,1H3,(H,26,28)(H,29,30). The van der Waals surface area contributed by atoms with Crippen molar-refractivity contribution in [2.45, 2.75) is 25.8 Å². The third-order valence-electron chi connectivity index (χ3n) is 4.69. The van der Waals surface area contributed by atoms with Crippen LogP contribution in [0.15, 0.2) is 65.1 Å². The zero-order valence-corrected chi connectivity index (χ0v) is 18.1. The number of halogens is 1. The number of hydrogen-bond acceptors (Lipinski definition) is 5. The number of rotatable bonds is 9. The average molecular weight is 456 g/mol. The van der Waals surface area contributed by atoms with Crippen molar-refractivity contribution < 1.29 is 28.6 Å². The van der Waals surface area contributed by atoms with Gasteiger partial charge in [-0.15, -0.1) is 0 Å². The van der Waals surface area contributed by atoms with Gasteiger partial charge in [0.25, 0.3) is 5.91 Å². The van der Waals surface area contributed by atoms with Gasteiger partial charge in [-0.3, -0.25) is 9.59 Å². The van der Waals surface area contributed by atoms with Crippen LogP contribution in [-0.2, 0) is 16.0 Å². The number of carbonyl (C=O) groups is 3. The third kappa shape index (κ3) is 6.21. The van der Waals surface area contributed by atoms with E-state index in [-0.39, 0.29) is 24.5 Å². The highest BCUT2D eigenvalue weighted by molar-refractivity contribution is 6.30. The summed E-state index contributed by atoms with van der Waals surface area (Å²) in [4.78, 5) is 35.5. The topological polar surface area (TPSA) is 106 Å². The molecule has 3 rings (SSSR count). The molecule has 0 aliphatic rings. The maximum Gasteiger partial charge on any atom is 0.371 e. The van der Waals surface area contributed by atoms with Crippen molar-refractivity contribution >= 4 is 29.4 Å². The Labute approximate surface area is 190 Å². The van der Waals surface area contributed by atoms with Crippen LogP contribution in [0, 0.1) is 0 Å². The molecule has 0 bridgehead atoms. The smallest absolute Gasteiger partial charge is 0.371 e. The molecule has 0 fully saturated rings. The summed E-state index contributed by atoms with van der Waals surface area (Å²) in [5.74, 6) is -2.81. The number of carboxylic acids is 1. The number of carboxylic acid groups (broad SMARTS) is 1. The normalized spacial score (nSPS) is 11.6. The molecule has 0 aliphatic carbocycles. The van der Waals surface area contributed by atoms with Gasteiger partial charge in [-0.05, 0) is 54.3 Å². The van der Waals surface area contributed by atoms with Crippen LogP contribution >= 0.6 is 11.6 Å². The van der Waals surface area contributed by atoms with Gasteiger partial charge in [0, 0.05) is 11.1 Å². The van der Waals surface area contributed by atoms with Gasteiger partial charge in [-0.25, -0.2) is 4.79 Å². The van der Waals surface area contributed by atoms with E-state index in [0.29, 0.717) is 11.4 Å². The van der Waals surface area contributed by atoms with Crippen molar-refractivity contribution in [3.05, 3.63) is 82.8 Å². The molecule has 166 valence electrons. The van der Waals surface area contributed by atoms with E-state index < -0.39 is 23.9 Å². The number of furan rings is 1. The van der Waals surface area contributed by atoms with E-state index >= 15 is 0 Å². The molecular formula is C24H22ClNO6. The predicted octanol–water partition coefficient (Wildman–Crippen LogP) is 4.59. The number of amides is 1. The molecule has 1 amide bonds. The van der Waals surface area contributed by atoms with Crippen molar-refractivity contribution in [2.24, 2.45) is 0 Å². The van der Waals surface area contributed by atoms with Crippen molar-refractivity contribution in [2.75, 3.05) is 6.61 Å². The minimum Gasteiger partial charge on any atom is -0.475 e. The first-order valence-corrected chi connectivity index (χ1v) is 10.4. The number of esters is 1. The molecule has 0 aliphatic heterocycles. The maximum atomic E-state index is 12.5. The fourth-order valence-electron chi connectivity index (χ4n) is 3.21. The number of aromatic carboxylic acids is 1. The Morgan fingerprint density at radius 1 is 1.03 bits per heavy atom. The van der Waals surface area contributed by atoms with E-state index in [1.807, 2.05) is 42.5 Å². The van der Waals surface area contributed by atoms with E-state index in [4.69, 9.17) is 25.9 Å². The molecule has 2 aromatic carbocycles. The molecule has 32 heavy (non-hydrogen) atoms. The van der Waals surface area contributed by atoms with Gasteiger partial charge in [-0.1, -0.05) is 48.0 Å². The Hall–Kier alpha value is -3.58. The summed E-state index contributed by atoms with van der Waals surface area (Å²) in [7, 11) is 0. The van der Waals surface area contributed by atoms with E-state index in [0.717, 1.165) is 16.7 Å². The SMILES string of the molecule is CCOC(=O)CC(Cc1ccc(-c2cccc(Cl)c2)cc1)NC(=O)c1ccc(C(=O)O)o1. The van der Waals surface area contributed by atoms with Gasteiger partial charge < -0.3 is 19.6 Å². The molecule has 1 heterocycles. The highest BCUT2D eigenvalue weighted by atomic mass is 35.5. The Morgan fingerprint density at radius 3 is 2.38 bits per heavy atom. The monoisotopic (exact) mass is 455 g/mol. The summed E-state index contributed by atoms with van der Waals surface area (Å²) in [6.45, 7) is 1.93. The zero-order chi connectivity index (χ0) is 23.1. The second kappa shape index (κ2) is 10.6. The number of benzene rings is 2. The fourth-order valence-corrected chi connectivity index (χ4v) is 3.40. The summed E-state index contributed by atoms with van der Waals surface area (Å²) >= 11 is 6.06. The molecule has 1 atom stereocenters. The molecule has 3 aromatic rings. The Bertz CT molecular complexity index is 1110. The number of ether oxygens (including phenoxy) is 1. The second-order valence-electron chi connectivity index (χ2n) is 7.06. The van der Waals surface area contributed by atoms with Gasteiger partial charge >= 0.3 is 11.9 Å². The van der Waals surface area contributed by atoms with Crippen LogP contribution < -0.4 is 5.32 Å². The van der Waals surface area contributed by atoms with Gasteiger partial charge in [0.15, 0.2) is 5.76 Å². The van der Waals surface area contributed by atoms with Gasteiger partial charge in [-0.2, -0.15) is 0 Å². The molecule has 0 radical (unpaired) electrons. The highest BCUT2D eigenvalue weighted by Crippen LogP contribution is 2.23. The number of hydrogen-bond donors (Lipinski definition) is 2. The van der Waals surface area contributed by atoms with Crippen molar-refractivity contribution in [3.8, 4) is 11.1 Å². The fraction of sp³-hybridized carbons (Fsp3) is 0.208. The largest absolute Gasteiger partial charge is 0.475 e. The van der Waals surface area contributed by atoms with E-state index in [9.17, 15) is 14.4 Å². The highest BCUT2D eigenvalue weighted by Gasteiger charge is 2.21. The molecular weight excluding hydrogens is 434 g/mol. The van der Waals surface area contributed by atoms with Crippen LogP contribution in [0.4, 0.5) is 0 Å². The molecule has 0 spiro atoms. The zero-order valence-electron chi connectivity index (χ0n) is 17.3. The van der Waals surface area contributed by atoms with Crippen LogP contribution in [0.25, 0.3) is 11.1 Å². The van der Waals surface area contributed by atoms with Crippen LogP contribution in [0.2, 0.25) is 5.02 Å². The molecule has 1 unspecified atom stereocenters. The molecule has 1 aromatic heterocycles. The summed E-state index contributed by atoms with van der Waals surface area (Å²) in [6.07, 6.45) is 0.328. The van der Waals surface area contributed by atoms with Crippen molar-refractivity contribution in [1.29, 1.82) is 0 Å². The Balaban J connectivity index is 1.73. The lowest BCUT2D eigenvalue weighted by Gasteiger charge is -2.18. The van der Waals surface area contributed by atoms with Gasteiger partial charge in [0.05, 0.1) is 13.0 Å². The molecule has 0 saturated heterocycles. The maximum absolute atomic E-state index is 12.5. The summed E-state index contributed by atoms with van der Waals surface area (Å²) in [6, 6.07) is 17.1. The second-order valence-corrected chi connectivity index (χ2v) is 7.50. The van der Waals surface area contributed by atoms with Gasteiger partial charge in [0.2, 0.25) is 5.76 Å². The lowest BCUT2D eigenvalue weighted by atomic mass is 9.99. The molecule has 7 nitrogen and oxygen atoms in total. The van der Waals surface area contributed by atoms with E-state index in [2.05, 4.69) is 5.32 Å². The quantitative estimate of drug-likeness (QED) is 0.457. The van der Waals surface area contributed by atoms with Crippen LogP contribution in [0.5, 0.6) is 0 Å². The first-order valence-electron chi connectivity index (χ1n) is 10.00. The first-order chi connectivity index (χ1) is 15.4.